The lowest BCUT2D eigenvalue weighted by Gasteiger charge is -2.11. The Bertz CT molecular complexity index is 4030. The van der Waals surface area contributed by atoms with Crippen LogP contribution in [0.25, 0.3) is 133 Å². The third-order valence-electron chi connectivity index (χ3n) is 14.1. The number of hydrogen-bond donors (Lipinski definition) is 0. The fraction of sp³-hybridized carbons (Fsp3) is 0. The second-order valence-electron chi connectivity index (χ2n) is 17.6. The molecular formula is C64H40N2. The molecule has 0 N–H and O–H groups in total. The standard InChI is InChI=1S/C64H40N2/c1-2-11-48(12-3-1)65-60-19-8-6-15-53(60)58-39-46(31-37-62(58)65)47-32-38-63-59(40-47)54-16-7-9-20-61(54)66(63)49-33-29-44(30-34-49)42-23-21-41(22-24-42)43-25-27-45(28-26-43)50-35-36-57-52-14-5-4-13-51(52)56-18-10-17-55(50)64(56)57/h1-40H. The van der Waals surface area contributed by atoms with E-state index in [2.05, 4.69) is 252 Å². The fourth-order valence-electron chi connectivity index (χ4n) is 11.0. The van der Waals surface area contributed by atoms with Crippen molar-refractivity contribution in [3.05, 3.63) is 243 Å². The monoisotopic (exact) mass is 836 g/mol. The lowest BCUT2D eigenvalue weighted by molar-refractivity contribution is 1.18. The topological polar surface area (TPSA) is 9.86 Å². The van der Waals surface area contributed by atoms with Crippen LogP contribution in [0, 0.1) is 0 Å². The first-order valence-corrected chi connectivity index (χ1v) is 22.8. The van der Waals surface area contributed by atoms with Gasteiger partial charge < -0.3 is 9.13 Å². The van der Waals surface area contributed by atoms with E-state index in [1.807, 2.05) is 0 Å². The second kappa shape index (κ2) is 14.4. The number of nitrogens with zero attached hydrogens (tertiary/aromatic N) is 2. The van der Waals surface area contributed by atoms with Gasteiger partial charge in [-0.25, -0.2) is 0 Å². The molecule has 0 radical (unpaired) electrons. The molecule has 2 aromatic heterocycles. The molecule has 1 aliphatic carbocycles. The quantitative estimate of drug-likeness (QED) is 0.158. The number of para-hydroxylation sites is 3. The van der Waals surface area contributed by atoms with Gasteiger partial charge in [0.05, 0.1) is 22.1 Å². The van der Waals surface area contributed by atoms with Crippen LogP contribution < -0.4 is 0 Å². The summed E-state index contributed by atoms with van der Waals surface area (Å²) in [7, 11) is 0. The first kappa shape index (κ1) is 36.7. The fourth-order valence-corrected chi connectivity index (χ4v) is 11.0. The molecule has 0 fully saturated rings. The Morgan fingerprint density at radius 1 is 0.197 bits per heavy atom. The Morgan fingerprint density at radius 3 is 1.14 bits per heavy atom. The van der Waals surface area contributed by atoms with E-state index in [9.17, 15) is 0 Å². The Hall–Kier alpha value is -8.72. The maximum atomic E-state index is 2.41. The van der Waals surface area contributed by atoms with Gasteiger partial charge in [0.2, 0.25) is 0 Å². The lowest BCUT2D eigenvalue weighted by Crippen LogP contribution is -1.94. The van der Waals surface area contributed by atoms with E-state index in [0.29, 0.717) is 0 Å². The first-order chi connectivity index (χ1) is 32.7. The molecule has 1 aliphatic rings. The van der Waals surface area contributed by atoms with Crippen molar-refractivity contribution in [1.29, 1.82) is 0 Å². The molecule has 0 spiro atoms. The van der Waals surface area contributed by atoms with Crippen LogP contribution in [0.1, 0.15) is 0 Å². The molecule has 306 valence electrons. The molecule has 0 atom stereocenters. The zero-order chi connectivity index (χ0) is 43.3. The van der Waals surface area contributed by atoms with E-state index in [1.165, 1.54) is 127 Å². The summed E-state index contributed by atoms with van der Waals surface area (Å²) < 4.78 is 4.78. The van der Waals surface area contributed by atoms with Crippen LogP contribution in [0.4, 0.5) is 0 Å². The number of benzene rings is 11. The highest BCUT2D eigenvalue weighted by Gasteiger charge is 2.22. The molecule has 2 heterocycles. The summed E-state index contributed by atoms with van der Waals surface area (Å²) >= 11 is 0. The SMILES string of the molecule is c1ccc(-n2c3ccccc3c3cc(-c4ccc5c(c4)c4ccccc4n5-c4ccc(-c5ccc(-c6ccc(-c7ccc8c9c(cccc79)-c7ccccc7-8)cc6)cc5)cc4)ccc32)cc1. The molecule has 0 bridgehead atoms. The minimum absolute atomic E-state index is 1.15. The van der Waals surface area contributed by atoms with E-state index >= 15 is 0 Å². The molecule has 13 aromatic rings. The van der Waals surface area contributed by atoms with Crippen molar-refractivity contribution >= 4 is 54.4 Å². The van der Waals surface area contributed by atoms with Gasteiger partial charge in [0.15, 0.2) is 0 Å². The zero-order valence-electron chi connectivity index (χ0n) is 36.0. The van der Waals surface area contributed by atoms with Crippen LogP contribution in [0.3, 0.4) is 0 Å². The Labute approximate surface area is 382 Å². The van der Waals surface area contributed by atoms with Crippen LogP contribution in [-0.4, -0.2) is 9.13 Å². The van der Waals surface area contributed by atoms with Gasteiger partial charge in [-0.1, -0.05) is 182 Å². The summed E-state index contributed by atoms with van der Waals surface area (Å²) in [6, 6.07) is 89.3. The van der Waals surface area contributed by atoms with Gasteiger partial charge in [-0.15, -0.1) is 0 Å². The highest BCUT2D eigenvalue weighted by Crippen LogP contribution is 2.49. The van der Waals surface area contributed by atoms with Gasteiger partial charge in [-0.05, 0) is 138 Å². The minimum atomic E-state index is 1.15. The molecule has 2 nitrogen and oxygen atoms in total. The van der Waals surface area contributed by atoms with Crippen LogP contribution in [0.5, 0.6) is 0 Å². The van der Waals surface area contributed by atoms with Crippen LogP contribution in [0.15, 0.2) is 243 Å². The maximum absolute atomic E-state index is 2.41. The van der Waals surface area contributed by atoms with Crippen LogP contribution in [0.2, 0.25) is 0 Å². The van der Waals surface area contributed by atoms with E-state index < -0.39 is 0 Å². The average molecular weight is 837 g/mol. The van der Waals surface area contributed by atoms with Gasteiger partial charge in [0, 0.05) is 32.9 Å². The Kier molecular flexibility index (Phi) is 8.02. The lowest BCUT2D eigenvalue weighted by atomic mass is 9.93. The van der Waals surface area contributed by atoms with Crippen molar-refractivity contribution in [3.8, 4) is 78.1 Å². The second-order valence-corrected chi connectivity index (χ2v) is 17.6. The average Bonchev–Trinajstić information content (AvgIpc) is 4.03. The van der Waals surface area contributed by atoms with Crippen molar-refractivity contribution < 1.29 is 0 Å². The summed E-state index contributed by atoms with van der Waals surface area (Å²) in [6.45, 7) is 0. The summed E-state index contributed by atoms with van der Waals surface area (Å²) in [6.07, 6.45) is 0. The maximum Gasteiger partial charge on any atom is 0.0541 e. The van der Waals surface area contributed by atoms with Gasteiger partial charge in [-0.3, -0.25) is 0 Å². The Balaban J connectivity index is 0.757. The van der Waals surface area contributed by atoms with Gasteiger partial charge in [0.25, 0.3) is 0 Å². The number of fused-ring (bicyclic) bond motifs is 9. The van der Waals surface area contributed by atoms with Crippen molar-refractivity contribution in [2.75, 3.05) is 0 Å². The summed E-state index contributed by atoms with van der Waals surface area (Å²) in [4.78, 5) is 0. The largest absolute Gasteiger partial charge is 0.309 e. The van der Waals surface area contributed by atoms with Crippen molar-refractivity contribution in [1.82, 2.24) is 9.13 Å². The van der Waals surface area contributed by atoms with E-state index in [0.717, 1.165) is 5.69 Å². The van der Waals surface area contributed by atoms with Gasteiger partial charge in [0.1, 0.15) is 0 Å². The van der Waals surface area contributed by atoms with Gasteiger partial charge >= 0.3 is 0 Å². The third-order valence-corrected chi connectivity index (χ3v) is 14.1. The van der Waals surface area contributed by atoms with Gasteiger partial charge in [-0.2, -0.15) is 0 Å². The molecule has 0 saturated carbocycles. The van der Waals surface area contributed by atoms with E-state index in [1.54, 1.807) is 0 Å². The predicted octanol–water partition coefficient (Wildman–Crippen LogP) is 17.3. The molecule has 11 aromatic carbocycles. The van der Waals surface area contributed by atoms with Crippen LogP contribution in [-0.2, 0) is 0 Å². The van der Waals surface area contributed by atoms with Crippen molar-refractivity contribution in [2.45, 2.75) is 0 Å². The van der Waals surface area contributed by atoms with Crippen molar-refractivity contribution in [2.24, 2.45) is 0 Å². The first-order valence-electron chi connectivity index (χ1n) is 22.8. The van der Waals surface area contributed by atoms with Crippen molar-refractivity contribution in [3.63, 3.8) is 0 Å². The normalized spacial score (nSPS) is 11.9. The molecule has 2 heteroatoms. The third kappa shape index (κ3) is 5.55. The predicted molar refractivity (Wildman–Crippen MR) is 279 cm³/mol. The van der Waals surface area contributed by atoms with E-state index in [4.69, 9.17) is 0 Å². The molecule has 0 aliphatic heterocycles. The minimum Gasteiger partial charge on any atom is -0.309 e. The Morgan fingerprint density at radius 2 is 0.576 bits per heavy atom. The molecule has 66 heavy (non-hydrogen) atoms. The highest BCUT2D eigenvalue weighted by molar-refractivity contribution is 6.19. The highest BCUT2D eigenvalue weighted by atomic mass is 15.0. The molecule has 0 unspecified atom stereocenters. The molecular weight excluding hydrogens is 797 g/mol. The smallest absolute Gasteiger partial charge is 0.0541 e. The zero-order valence-corrected chi connectivity index (χ0v) is 36.0. The number of hydrogen-bond acceptors (Lipinski definition) is 0. The summed E-state index contributed by atoms with van der Waals surface area (Å²) in [5.74, 6) is 0. The summed E-state index contributed by atoms with van der Waals surface area (Å²) in [5, 5.41) is 7.69. The molecule has 0 amide bonds. The number of rotatable bonds is 6. The summed E-state index contributed by atoms with van der Waals surface area (Å²) in [5.41, 5.74) is 22.2. The molecule has 14 rings (SSSR count). The van der Waals surface area contributed by atoms with Crippen LogP contribution >= 0.6 is 0 Å². The number of aromatic nitrogens is 2. The molecule has 0 saturated heterocycles. The van der Waals surface area contributed by atoms with E-state index in [-0.39, 0.29) is 0 Å².